The molecule has 0 saturated heterocycles. The summed E-state index contributed by atoms with van der Waals surface area (Å²) in [5.41, 5.74) is 0.694. The van der Waals surface area contributed by atoms with E-state index in [-0.39, 0.29) is 24.2 Å². The zero-order chi connectivity index (χ0) is 27.2. The smallest absolute Gasteiger partial charge is 0.304 e. The number of carbonyl (C=O) groups excluding carboxylic acids is 2. The van der Waals surface area contributed by atoms with Gasteiger partial charge in [-0.15, -0.1) is 0 Å². The largest absolute Gasteiger partial charge is 0.352 e. The van der Waals surface area contributed by atoms with E-state index in [0.29, 0.717) is 12.0 Å². The van der Waals surface area contributed by atoms with Crippen LogP contribution in [0.2, 0.25) is 0 Å². The minimum Gasteiger partial charge on any atom is -0.352 e. The summed E-state index contributed by atoms with van der Waals surface area (Å²) in [7, 11) is -1.48. The maximum atomic E-state index is 13.7. The Kier molecular flexibility index (Phi) is 9.61. The van der Waals surface area contributed by atoms with Crippen molar-refractivity contribution < 1.29 is 26.8 Å². The number of hydrogen-bond acceptors (Lipinski definition) is 4. The van der Waals surface area contributed by atoms with Crippen LogP contribution in [0.4, 0.5) is 14.5 Å². The number of anilines is 1. The third-order valence-electron chi connectivity index (χ3n) is 6.49. The van der Waals surface area contributed by atoms with E-state index in [0.717, 1.165) is 46.4 Å². The molecule has 0 bridgehead atoms. The van der Waals surface area contributed by atoms with E-state index >= 15 is 0 Å². The van der Waals surface area contributed by atoms with Crippen LogP contribution in [0.3, 0.4) is 0 Å². The number of hydrogen-bond donors (Lipinski definition) is 1. The van der Waals surface area contributed by atoms with E-state index in [1.54, 1.807) is 6.92 Å². The molecule has 1 N–H and O–H groups in total. The summed E-state index contributed by atoms with van der Waals surface area (Å²) < 4.78 is 55.2. The molecule has 0 aliphatic heterocycles. The number of benzene rings is 2. The number of amides is 2. The first-order valence-electron chi connectivity index (χ1n) is 12.3. The summed E-state index contributed by atoms with van der Waals surface area (Å²) in [6.07, 6.45) is 4.08. The minimum absolute atomic E-state index is 0.0189. The van der Waals surface area contributed by atoms with Gasteiger partial charge in [0.1, 0.15) is 24.2 Å². The highest BCUT2D eigenvalue weighted by molar-refractivity contribution is 7.90. The molecule has 3 rings (SSSR count). The first-order valence-corrected chi connectivity index (χ1v) is 13.7. The van der Waals surface area contributed by atoms with Crippen LogP contribution in [-0.4, -0.2) is 62.2 Å². The average Bonchev–Trinajstić information content (AvgIpc) is 3.37. The van der Waals surface area contributed by atoms with Crippen molar-refractivity contribution in [2.45, 2.75) is 57.7 Å². The van der Waals surface area contributed by atoms with Crippen LogP contribution < -0.4 is 9.62 Å². The Morgan fingerprint density at radius 3 is 2.03 bits per heavy atom. The molecule has 11 heteroatoms. The third-order valence-corrected chi connectivity index (χ3v) is 8.31. The molecule has 0 heterocycles. The van der Waals surface area contributed by atoms with Gasteiger partial charge in [0.05, 0.1) is 5.69 Å². The molecule has 2 aromatic carbocycles. The molecule has 1 aliphatic rings. The van der Waals surface area contributed by atoms with Crippen LogP contribution in [0, 0.1) is 11.6 Å². The van der Waals surface area contributed by atoms with Crippen molar-refractivity contribution in [2.75, 3.05) is 24.9 Å². The van der Waals surface area contributed by atoms with Crippen molar-refractivity contribution in [1.82, 2.24) is 14.5 Å². The van der Waals surface area contributed by atoms with Crippen LogP contribution in [-0.2, 0) is 26.3 Å². The quantitative estimate of drug-likeness (QED) is 0.477. The highest BCUT2D eigenvalue weighted by Gasteiger charge is 2.34. The summed E-state index contributed by atoms with van der Waals surface area (Å²) in [6.45, 7) is 1.15. The number of nitrogens with zero attached hydrogens (tertiary/aromatic N) is 3. The first-order chi connectivity index (χ1) is 17.5. The van der Waals surface area contributed by atoms with Gasteiger partial charge in [-0.1, -0.05) is 31.9 Å². The monoisotopic (exact) mass is 536 g/mol. The Bertz CT molecular complexity index is 1170. The molecule has 2 aromatic rings. The molecular formula is C26H34F2N4O4S. The van der Waals surface area contributed by atoms with Gasteiger partial charge in [-0.25, -0.2) is 13.1 Å². The molecule has 1 atom stereocenters. The summed E-state index contributed by atoms with van der Waals surface area (Å²) in [4.78, 5) is 28.4. The molecule has 0 unspecified atom stereocenters. The molecule has 1 aliphatic carbocycles. The van der Waals surface area contributed by atoms with Crippen molar-refractivity contribution >= 4 is 27.7 Å². The molecule has 37 heavy (non-hydrogen) atoms. The Balaban J connectivity index is 1.95. The molecule has 2 amide bonds. The summed E-state index contributed by atoms with van der Waals surface area (Å²) in [5, 5.41) is 3.03. The van der Waals surface area contributed by atoms with Crippen LogP contribution in [0.25, 0.3) is 0 Å². The van der Waals surface area contributed by atoms with Crippen molar-refractivity contribution in [2.24, 2.45) is 0 Å². The van der Waals surface area contributed by atoms with Crippen LogP contribution in [0.15, 0.2) is 48.5 Å². The van der Waals surface area contributed by atoms with Crippen molar-refractivity contribution in [3.05, 3.63) is 65.7 Å². The average molecular weight is 537 g/mol. The van der Waals surface area contributed by atoms with Gasteiger partial charge in [-0.05, 0) is 61.2 Å². The van der Waals surface area contributed by atoms with Crippen LogP contribution >= 0.6 is 0 Å². The first kappa shape index (κ1) is 28.5. The minimum atomic E-state index is -4.14. The van der Waals surface area contributed by atoms with Crippen LogP contribution in [0.5, 0.6) is 0 Å². The predicted octanol–water partition coefficient (Wildman–Crippen LogP) is 3.44. The number of nitrogens with one attached hydrogen (secondary N) is 1. The van der Waals surface area contributed by atoms with Gasteiger partial charge < -0.3 is 10.2 Å². The predicted molar refractivity (Wildman–Crippen MR) is 138 cm³/mol. The molecule has 8 nitrogen and oxygen atoms in total. The van der Waals surface area contributed by atoms with E-state index in [1.165, 1.54) is 55.4 Å². The van der Waals surface area contributed by atoms with Gasteiger partial charge in [-0.2, -0.15) is 12.7 Å². The molecule has 0 radical (unpaired) electrons. The van der Waals surface area contributed by atoms with Gasteiger partial charge in [0.25, 0.3) is 0 Å². The fourth-order valence-corrected chi connectivity index (χ4v) is 5.45. The van der Waals surface area contributed by atoms with Gasteiger partial charge in [0.15, 0.2) is 0 Å². The Morgan fingerprint density at radius 2 is 1.51 bits per heavy atom. The van der Waals surface area contributed by atoms with Gasteiger partial charge in [0.2, 0.25) is 11.8 Å². The molecule has 1 saturated carbocycles. The second-order valence-electron chi connectivity index (χ2n) is 9.34. The summed E-state index contributed by atoms with van der Waals surface area (Å²) in [6, 6.07) is 9.51. The van der Waals surface area contributed by atoms with E-state index in [2.05, 4.69) is 5.32 Å². The number of rotatable bonds is 11. The lowest BCUT2D eigenvalue weighted by Gasteiger charge is -2.34. The normalized spacial score (nSPS) is 15.0. The van der Waals surface area contributed by atoms with E-state index in [4.69, 9.17) is 0 Å². The van der Waals surface area contributed by atoms with Gasteiger partial charge in [0, 0.05) is 26.7 Å². The molecule has 202 valence electrons. The highest BCUT2D eigenvalue weighted by Crippen LogP contribution is 2.23. The Morgan fingerprint density at radius 1 is 0.973 bits per heavy atom. The lowest BCUT2D eigenvalue weighted by molar-refractivity contribution is -0.140. The molecule has 1 fully saturated rings. The van der Waals surface area contributed by atoms with Crippen molar-refractivity contribution in [3.8, 4) is 0 Å². The van der Waals surface area contributed by atoms with Gasteiger partial charge >= 0.3 is 10.2 Å². The zero-order valence-electron chi connectivity index (χ0n) is 21.4. The van der Waals surface area contributed by atoms with Gasteiger partial charge in [-0.3, -0.25) is 9.59 Å². The number of halogens is 2. The summed E-state index contributed by atoms with van der Waals surface area (Å²) >= 11 is 0. The fraction of sp³-hybridized carbons (Fsp3) is 0.462. The second-order valence-corrected chi connectivity index (χ2v) is 11.4. The number of carbonyl (C=O) groups is 2. The zero-order valence-corrected chi connectivity index (χ0v) is 22.2. The maximum Gasteiger partial charge on any atom is 0.304 e. The fourth-order valence-electron chi connectivity index (χ4n) is 4.40. The standard InChI is InChI=1S/C26H34F2N4O4S/c1-4-24(26(34)29-22-7-5-6-8-22)31(17-19-9-11-20(27)12-10-19)25(33)18-32(37(35,36)30(2)3)23-15-13-21(28)14-16-23/h9-16,22,24H,4-8,17-18H2,1-3H3,(H,29,34)/t24-/m0/s1. The maximum absolute atomic E-state index is 13.7. The summed E-state index contributed by atoms with van der Waals surface area (Å²) in [5.74, 6) is -1.92. The lowest BCUT2D eigenvalue weighted by atomic mass is 10.1. The second kappa shape index (κ2) is 12.5. The third kappa shape index (κ3) is 7.26. The topological polar surface area (TPSA) is 90.0 Å². The van der Waals surface area contributed by atoms with Crippen molar-refractivity contribution in [3.63, 3.8) is 0 Å². The van der Waals surface area contributed by atoms with Crippen molar-refractivity contribution in [1.29, 1.82) is 0 Å². The van der Waals surface area contributed by atoms with Crippen LogP contribution in [0.1, 0.15) is 44.6 Å². The van der Waals surface area contributed by atoms with E-state index in [9.17, 15) is 26.8 Å². The Labute approximate surface area is 217 Å². The molecule has 0 aromatic heterocycles. The lowest BCUT2D eigenvalue weighted by Crippen LogP contribution is -2.54. The SMILES string of the molecule is CC[C@@H](C(=O)NC1CCCC1)N(Cc1ccc(F)cc1)C(=O)CN(c1ccc(F)cc1)S(=O)(=O)N(C)C. The highest BCUT2D eigenvalue weighted by atomic mass is 32.2. The van der Waals surface area contributed by atoms with E-state index < -0.39 is 40.3 Å². The Hall–Kier alpha value is -3.05. The molecular weight excluding hydrogens is 502 g/mol. The molecule has 0 spiro atoms. The van der Waals surface area contributed by atoms with E-state index in [1.807, 2.05) is 0 Å².